The van der Waals surface area contributed by atoms with E-state index in [0.29, 0.717) is 5.56 Å². The van der Waals surface area contributed by atoms with Gasteiger partial charge in [0.05, 0.1) is 4.90 Å². The lowest BCUT2D eigenvalue weighted by atomic mass is 10.2. The molecule has 1 unspecified atom stereocenters. The second kappa shape index (κ2) is 3.37. The van der Waals surface area contributed by atoms with Crippen LogP contribution >= 0.6 is 9.24 Å². The van der Waals surface area contributed by atoms with Crippen molar-refractivity contribution in [1.82, 2.24) is 0 Å². The van der Waals surface area contributed by atoms with Gasteiger partial charge in [-0.25, -0.2) is 0 Å². The zero-order valence-electron chi connectivity index (χ0n) is 7.40. The van der Waals surface area contributed by atoms with Crippen LogP contribution in [0.5, 0.6) is 0 Å². The fraction of sp³-hybridized carbons (Fsp3) is 0.250. The molecule has 0 saturated carbocycles. The van der Waals surface area contributed by atoms with Gasteiger partial charge in [-0.2, -0.15) is 8.42 Å². The molecule has 0 aliphatic carbocycles. The summed E-state index contributed by atoms with van der Waals surface area (Å²) in [5.74, 6) is 0. The Kier molecular flexibility index (Phi) is 2.76. The summed E-state index contributed by atoms with van der Waals surface area (Å²) in [6.45, 7) is 3.44. The van der Waals surface area contributed by atoms with E-state index in [1.807, 2.05) is 6.07 Å². The molecule has 1 aromatic rings. The quantitative estimate of drug-likeness (QED) is 0.566. The summed E-state index contributed by atoms with van der Waals surface area (Å²) in [7, 11) is -1.65. The van der Waals surface area contributed by atoms with Crippen LogP contribution in [-0.4, -0.2) is 13.0 Å². The third kappa shape index (κ3) is 2.27. The average Bonchev–Trinajstić information content (AvgIpc) is 1.94. The fourth-order valence-electron chi connectivity index (χ4n) is 1.12. The second-order valence-corrected chi connectivity index (χ2v) is 4.96. The molecule has 3 nitrogen and oxygen atoms in total. The smallest absolute Gasteiger partial charge is 0.282 e. The highest BCUT2D eigenvalue weighted by Gasteiger charge is 2.14. The van der Waals surface area contributed by atoms with E-state index >= 15 is 0 Å². The van der Waals surface area contributed by atoms with E-state index in [1.165, 1.54) is 6.07 Å². The van der Waals surface area contributed by atoms with Gasteiger partial charge in [0.2, 0.25) is 0 Å². The Labute approximate surface area is 80.1 Å². The first-order chi connectivity index (χ1) is 5.82. The van der Waals surface area contributed by atoms with Gasteiger partial charge in [-0.05, 0) is 36.3 Å². The number of hydrogen-bond donors (Lipinski definition) is 1. The molecule has 0 bridgehead atoms. The van der Waals surface area contributed by atoms with Crippen molar-refractivity contribution >= 4 is 24.7 Å². The van der Waals surface area contributed by atoms with E-state index in [2.05, 4.69) is 9.24 Å². The van der Waals surface area contributed by atoms with Crippen LogP contribution in [0.3, 0.4) is 0 Å². The van der Waals surface area contributed by atoms with E-state index in [0.717, 1.165) is 10.9 Å². The van der Waals surface area contributed by atoms with Crippen LogP contribution in [0.1, 0.15) is 11.1 Å². The van der Waals surface area contributed by atoms with Gasteiger partial charge in [0.25, 0.3) is 10.1 Å². The van der Waals surface area contributed by atoms with E-state index < -0.39 is 10.1 Å². The maximum absolute atomic E-state index is 10.9. The normalized spacial score (nSPS) is 11.7. The van der Waals surface area contributed by atoms with Gasteiger partial charge in [-0.3, -0.25) is 4.55 Å². The first-order valence-corrected chi connectivity index (χ1v) is 5.68. The molecule has 0 radical (unpaired) electrons. The van der Waals surface area contributed by atoms with Crippen LogP contribution in [-0.2, 0) is 10.1 Å². The minimum absolute atomic E-state index is 0.0162. The van der Waals surface area contributed by atoms with Crippen molar-refractivity contribution in [3.8, 4) is 0 Å². The molecule has 0 saturated heterocycles. The first kappa shape index (κ1) is 10.6. The van der Waals surface area contributed by atoms with Crippen molar-refractivity contribution < 1.29 is 13.0 Å². The first-order valence-electron chi connectivity index (χ1n) is 3.66. The molecule has 72 valence electrons. The molecule has 13 heavy (non-hydrogen) atoms. The van der Waals surface area contributed by atoms with Gasteiger partial charge in [0, 0.05) is 0 Å². The summed E-state index contributed by atoms with van der Waals surface area (Å²) in [5, 5.41) is 0.785. The third-order valence-corrected chi connectivity index (χ3v) is 3.40. The van der Waals surface area contributed by atoms with E-state index in [9.17, 15) is 8.42 Å². The van der Waals surface area contributed by atoms with Gasteiger partial charge >= 0.3 is 0 Å². The Morgan fingerprint density at radius 1 is 1.31 bits per heavy atom. The largest absolute Gasteiger partial charge is 0.294 e. The second-order valence-electron chi connectivity index (χ2n) is 2.95. The summed E-state index contributed by atoms with van der Waals surface area (Å²) in [6.07, 6.45) is 0. The molecule has 1 N–H and O–H groups in total. The Morgan fingerprint density at radius 2 is 1.85 bits per heavy atom. The van der Waals surface area contributed by atoms with Crippen molar-refractivity contribution in [1.29, 1.82) is 0 Å². The Hall–Kier alpha value is -0.440. The molecule has 0 aliphatic rings. The molecule has 0 amide bonds. The molecular weight excluding hydrogens is 207 g/mol. The Bertz CT molecular complexity index is 437. The maximum atomic E-state index is 10.9. The van der Waals surface area contributed by atoms with Crippen LogP contribution < -0.4 is 5.30 Å². The lowest BCUT2D eigenvalue weighted by molar-refractivity contribution is 0.482. The minimum Gasteiger partial charge on any atom is -0.282 e. The number of benzene rings is 1. The molecule has 0 fully saturated rings. The molecule has 0 heterocycles. The SMILES string of the molecule is Cc1cc(P)c(C)c(S(=O)(=O)O)c1. The van der Waals surface area contributed by atoms with Crippen molar-refractivity contribution in [3.05, 3.63) is 23.3 Å². The van der Waals surface area contributed by atoms with Crippen LogP contribution in [0.25, 0.3) is 0 Å². The van der Waals surface area contributed by atoms with Crippen molar-refractivity contribution in [2.75, 3.05) is 0 Å². The lowest BCUT2D eigenvalue weighted by Gasteiger charge is -2.06. The number of hydrogen-bond acceptors (Lipinski definition) is 2. The van der Waals surface area contributed by atoms with E-state index in [1.54, 1.807) is 13.8 Å². The van der Waals surface area contributed by atoms with Gasteiger partial charge in [-0.15, -0.1) is 9.24 Å². The zero-order valence-corrected chi connectivity index (χ0v) is 9.38. The average molecular weight is 218 g/mol. The molecule has 0 aliphatic heterocycles. The Balaban J connectivity index is 3.56. The van der Waals surface area contributed by atoms with Gasteiger partial charge in [-0.1, -0.05) is 6.07 Å². The number of aryl methyl sites for hydroxylation is 1. The summed E-state index contributed by atoms with van der Waals surface area (Å²) >= 11 is 0. The van der Waals surface area contributed by atoms with Crippen molar-refractivity contribution in [2.45, 2.75) is 18.7 Å². The Morgan fingerprint density at radius 3 is 2.31 bits per heavy atom. The lowest BCUT2D eigenvalue weighted by Crippen LogP contribution is -2.08. The molecule has 1 aromatic carbocycles. The van der Waals surface area contributed by atoms with Crippen molar-refractivity contribution in [3.63, 3.8) is 0 Å². The standard InChI is InChI=1S/C8H11O3PS/c1-5-3-7(12)6(2)8(4-5)13(9,10)11/h3-4H,12H2,1-2H3,(H,9,10,11). The monoisotopic (exact) mass is 218 g/mol. The molecule has 1 rings (SSSR count). The summed E-state index contributed by atoms with van der Waals surface area (Å²) in [6, 6.07) is 3.30. The zero-order chi connectivity index (χ0) is 10.2. The van der Waals surface area contributed by atoms with Gasteiger partial charge in [0.1, 0.15) is 0 Å². The van der Waals surface area contributed by atoms with Crippen LogP contribution in [0, 0.1) is 13.8 Å². The highest BCUT2D eigenvalue weighted by Crippen LogP contribution is 2.16. The topological polar surface area (TPSA) is 54.4 Å². The third-order valence-electron chi connectivity index (χ3n) is 1.82. The summed E-state index contributed by atoms with van der Waals surface area (Å²) in [5.41, 5.74) is 1.38. The molecule has 5 heteroatoms. The van der Waals surface area contributed by atoms with E-state index in [-0.39, 0.29) is 4.90 Å². The fourth-order valence-corrected chi connectivity index (χ4v) is 2.48. The summed E-state index contributed by atoms with van der Waals surface area (Å²) < 4.78 is 30.7. The van der Waals surface area contributed by atoms with Crippen LogP contribution in [0.4, 0.5) is 0 Å². The van der Waals surface area contributed by atoms with Crippen LogP contribution in [0.2, 0.25) is 0 Å². The van der Waals surface area contributed by atoms with Crippen molar-refractivity contribution in [2.24, 2.45) is 0 Å². The molecule has 0 aromatic heterocycles. The van der Waals surface area contributed by atoms with Gasteiger partial charge < -0.3 is 0 Å². The predicted molar refractivity (Wildman–Crippen MR) is 55.1 cm³/mol. The molecular formula is C8H11O3PS. The minimum atomic E-state index is -4.09. The highest BCUT2D eigenvalue weighted by atomic mass is 32.2. The predicted octanol–water partition coefficient (Wildman–Crippen LogP) is 1.05. The maximum Gasteiger partial charge on any atom is 0.294 e. The summed E-state index contributed by atoms with van der Waals surface area (Å²) in [4.78, 5) is -0.0162. The highest BCUT2D eigenvalue weighted by molar-refractivity contribution is 7.86. The van der Waals surface area contributed by atoms with Gasteiger partial charge in [0.15, 0.2) is 0 Å². The van der Waals surface area contributed by atoms with Crippen LogP contribution in [0.15, 0.2) is 17.0 Å². The number of rotatable bonds is 1. The van der Waals surface area contributed by atoms with E-state index in [4.69, 9.17) is 4.55 Å². The molecule has 0 spiro atoms. The molecule has 1 atom stereocenters.